The van der Waals surface area contributed by atoms with E-state index in [1.165, 1.54) is 0 Å². The van der Waals surface area contributed by atoms with Gasteiger partial charge in [0.25, 0.3) is 0 Å². The number of pyridine rings is 1. The SMILES string of the molecule is Clc1ccc(SC2COC2)nc1. The molecule has 2 heterocycles. The highest BCUT2D eigenvalue weighted by Crippen LogP contribution is 2.26. The van der Waals surface area contributed by atoms with E-state index in [0.29, 0.717) is 10.3 Å². The molecule has 2 rings (SSSR count). The molecule has 0 amide bonds. The van der Waals surface area contributed by atoms with Crippen LogP contribution in [0.25, 0.3) is 0 Å². The zero-order valence-electron chi connectivity index (χ0n) is 6.37. The lowest BCUT2D eigenvalue weighted by molar-refractivity contribution is 0.0454. The predicted octanol–water partition coefficient (Wildman–Crippen LogP) is 2.23. The van der Waals surface area contributed by atoms with E-state index in [2.05, 4.69) is 4.98 Å². The van der Waals surface area contributed by atoms with Gasteiger partial charge in [-0.1, -0.05) is 23.4 Å². The summed E-state index contributed by atoms with van der Waals surface area (Å²) in [6.07, 6.45) is 1.67. The van der Waals surface area contributed by atoms with Gasteiger partial charge in [-0.15, -0.1) is 0 Å². The van der Waals surface area contributed by atoms with Gasteiger partial charge < -0.3 is 4.74 Å². The van der Waals surface area contributed by atoms with E-state index in [1.807, 2.05) is 12.1 Å². The number of hydrogen-bond donors (Lipinski definition) is 0. The molecule has 0 aromatic carbocycles. The molecule has 12 heavy (non-hydrogen) atoms. The molecule has 0 bridgehead atoms. The van der Waals surface area contributed by atoms with Gasteiger partial charge in [-0.25, -0.2) is 4.98 Å². The minimum atomic E-state index is 0.582. The number of ether oxygens (including phenoxy) is 1. The van der Waals surface area contributed by atoms with Gasteiger partial charge in [0.15, 0.2) is 0 Å². The molecule has 64 valence electrons. The molecule has 0 radical (unpaired) electrons. The molecule has 0 aliphatic carbocycles. The van der Waals surface area contributed by atoms with Gasteiger partial charge in [-0.05, 0) is 12.1 Å². The Morgan fingerprint density at radius 3 is 2.83 bits per heavy atom. The van der Waals surface area contributed by atoms with Gasteiger partial charge in [-0.2, -0.15) is 0 Å². The lowest BCUT2D eigenvalue weighted by Crippen LogP contribution is -2.30. The third-order valence-corrected chi connectivity index (χ3v) is 2.91. The van der Waals surface area contributed by atoms with E-state index in [0.717, 1.165) is 18.2 Å². The van der Waals surface area contributed by atoms with Gasteiger partial charge in [0.2, 0.25) is 0 Å². The Bertz CT molecular complexity index is 260. The van der Waals surface area contributed by atoms with Crippen LogP contribution in [-0.2, 0) is 4.74 Å². The summed E-state index contributed by atoms with van der Waals surface area (Å²) in [5, 5.41) is 2.29. The van der Waals surface area contributed by atoms with Crippen molar-refractivity contribution in [3.05, 3.63) is 23.4 Å². The first-order valence-corrected chi connectivity index (χ1v) is 4.96. The first-order chi connectivity index (χ1) is 5.84. The number of rotatable bonds is 2. The summed E-state index contributed by atoms with van der Waals surface area (Å²) in [5.41, 5.74) is 0. The fourth-order valence-electron chi connectivity index (χ4n) is 0.885. The summed E-state index contributed by atoms with van der Waals surface area (Å²) < 4.78 is 5.06. The monoisotopic (exact) mass is 201 g/mol. The Labute approximate surface area is 80.3 Å². The molecule has 0 N–H and O–H groups in total. The van der Waals surface area contributed by atoms with E-state index in [9.17, 15) is 0 Å². The van der Waals surface area contributed by atoms with Gasteiger partial charge in [0, 0.05) is 6.20 Å². The van der Waals surface area contributed by atoms with E-state index in [1.54, 1.807) is 18.0 Å². The Kier molecular flexibility index (Phi) is 2.54. The smallest absolute Gasteiger partial charge is 0.0965 e. The maximum absolute atomic E-state index is 5.70. The number of nitrogens with zero attached hydrogens (tertiary/aromatic N) is 1. The molecule has 0 saturated carbocycles. The molecule has 1 aliphatic heterocycles. The number of aromatic nitrogens is 1. The summed E-state index contributed by atoms with van der Waals surface area (Å²) in [4.78, 5) is 4.18. The van der Waals surface area contributed by atoms with Crippen LogP contribution >= 0.6 is 23.4 Å². The van der Waals surface area contributed by atoms with Gasteiger partial charge in [-0.3, -0.25) is 0 Å². The number of thioether (sulfide) groups is 1. The number of hydrogen-bond acceptors (Lipinski definition) is 3. The molecule has 2 nitrogen and oxygen atoms in total. The highest BCUT2D eigenvalue weighted by atomic mass is 35.5. The van der Waals surface area contributed by atoms with E-state index in [-0.39, 0.29) is 0 Å². The van der Waals surface area contributed by atoms with Crippen molar-refractivity contribution in [2.24, 2.45) is 0 Å². The molecule has 1 aromatic rings. The molecular formula is C8H8ClNOS. The molecule has 4 heteroatoms. The molecule has 0 spiro atoms. The second-order valence-electron chi connectivity index (χ2n) is 2.59. The van der Waals surface area contributed by atoms with E-state index in [4.69, 9.17) is 16.3 Å². The average Bonchev–Trinajstić information content (AvgIpc) is 2.00. The minimum absolute atomic E-state index is 0.582. The van der Waals surface area contributed by atoms with E-state index < -0.39 is 0 Å². The zero-order chi connectivity index (χ0) is 8.39. The summed E-state index contributed by atoms with van der Waals surface area (Å²) in [5.74, 6) is 0. The number of halogens is 1. The van der Waals surface area contributed by atoms with Gasteiger partial charge in [0.05, 0.1) is 28.5 Å². The molecule has 1 fully saturated rings. The fraction of sp³-hybridized carbons (Fsp3) is 0.375. The van der Waals surface area contributed by atoms with Crippen LogP contribution in [0.4, 0.5) is 0 Å². The van der Waals surface area contributed by atoms with Crippen LogP contribution in [0.2, 0.25) is 5.02 Å². The molecule has 0 unspecified atom stereocenters. The van der Waals surface area contributed by atoms with E-state index >= 15 is 0 Å². The zero-order valence-corrected chi connectivity index (χ0v) is 7.94. The topological polar surface area (TPSA) is 22.1 Å². The van der Waals surface area contributed by atoms with Crippen molar-refractivity contribution in [2.75, 3.05) is 13.2 Å². The molecule has 1 aliphatic rings. The fourth-order valence-corrected chi connectivity index (χ4v) is 1.93. The van der Waals surface area contributed by atoms with Crippen LogP contribution in [0, 0.1) is 0 Å². The first kappa shape index (κ1) is 8.35. The van der Waals surface area contributed by atoms with Gasteiger partial charge in [0.1, 0.15) is 0 Å². The largest absolute Gasteiger partial charge is 0.379 e. The van der Waals surface area contributed by atoms with Crippen molar-refractivity contribution >= 4 is 23.4 Å². The minimum Gasteiger partial charge on any atom is -0.379 e. The summed E-state index contributed by atoms with van der Waals surface area (Å²) in [6.45, 7) is 1.68. The predicted molar refractivity (Wildman–Crippen MR) is 49.7 cm³/mol. The van der Waals surface area contributed by atoms with Crippen LogP contribution in [0.15, 0.2) is 23.4 Å². The van der Waals surface area contributed by atoms with Crippen LogP contribution in [-0.4, -0.2) is 23.4 Å². The average molecular weight is 202 g/mol. The first-order valence-electron chi connectivity index (χ1n) is 3.70. The highest BCUT2D eigenvalue weighted by molar-refractivity contribution is 8.00. The summed E-state index contributed by atoms with van der Waals surface area (Å²) >= 11 is 7.44. The Hall–Kier alpha value is -0.250. The van der Waals surface area contributed by atoms with Crippen LogP contribution in [0.1, 0.15) is 0 Å². The highest BCUT2D eigenvalue weighted by Gasteiger charge is 2.19. The summed E-state index contributed by atoms with van der Waals surface area (Å²) in [6, 6.07) is 3.79. The third kappa shape index (κ3) is 1.91. The lowest BCUT2D eigenvalue weighted by atomic mass is 10.4. The van der Waals surface area contributed by atoms with Crippen molar-refractivity contribution < 1.29 is 4.74 Å². The van der Waals surface area contributed by atoms with Crippen LogP contribution in [0.3, 0.4) is 0 Å². The van der Waals surface area contributed by atoms with Crippen molar-refractivity contribution in [1.29, 1.82) is 0 Å². The lowest BCUT2D eigenvalue weighted by Gasteiger charge is -2.24. The standard InChI is InChI=1S/C8H8ClNOS/c9-6-1-2-8(10-3-6)12-7-4-11-5-7/h1-3,7H,4-5H2. The second-order valence-corrected chi connectivity index (χ2v) is 4.35. The molecule has 1 saturated heterocycles. The van der Waals surface area contributed by atoms with Crippen molar-refractivity contribution in [3.8, 4) is 0 Å². The van der Waals surface area contributed by atoms with Gasteiger partial charge >= 0.3 is 0 Å². The van der Waals surface area contributed by atoms with Crippen LogP contribution < -0.4 is 0 Å². The molecule has 0 atom stereocenters. The van der Waals surface area contributed by atoms with Crippen LogP contribution in [0.5, 0.6) is 0 Å². The quantitative estimate of drug-likeness (QED) is 0.733. The molecule has 1 aromatic heterocycles. The van der Waals surface area contributed by atoms with Crippen molar-refractivity contribution in [1.82, 2.24) is 4.98 Å². The Balaban J connectivity index is 1.98. The summed E-state index contributed by atoms with van der Waals surface area (Å²) in [7, 11) is 0. The maximum Gasteiger partial charge on any atom is 0.0965 e. The normalized spacial score (nSPS) is 17.4. The Morgan fingerprint density at radius 2 is 2.33 bits per heavy atom. The van der Waals surface area contributed by atoms with Crippen molar-refractivity contribution in [2.45, 2.75) is 10.3 Å². The molecular weight excluding hydrogens is 194 g/mol. The van der Waals surface area contributed by atoms with Crippen molar-refractivity contribution in [3.63, 3.8) is 0 Å². The third-order valence-electron chi connectivity index (χ3n) is 1.60. The second kappa shape index (κ2) is 3.64. The Morgan fingerprint density at radius 1 is 1.50 bits per heavy atom. The maximum atomic E-state index is 5.70.